The maximum Gasteiger partial charge on any atom is 0.191 e. The molecule has 0 spiro atoms. The molecule has 0 saturated heterocycles. The first-order valence-corrected chi connectivity index (χ1v) is 9.53. The van der Waals surface area contributed by atoms with Crippen molar-refractivity contribution in [3.8, 4) is 11.4 Å². The number of benzene rings is 2. The Labute approximate surface area is 157 Å². The van der Waals surface area contributed by atoms with Crippen molar-refractivity contribution in [3.05, 3.63) is 59.1 Å². The molecule has 0 amide bonds. The van der Waals surface area contributed by atoms with Crippen LogP contribution in [0.15, 0.2) is 53.7 Å². The fraction of sp³-hybridized carbons (Fsp3) is 0.263. The minimum atomic E-state index is 0.758. The number of anilines is 1. The average Bonchev–Trinajstić information content (AvgIpc) is 3.04. The molecule has 130 valence electrons. The molecule has 0 fully saturated rings. The summed E-state index contributed by atoms with van der Waals surface area (Å²) in [4.78, 5) is 2.09. The summed E-state index contributed by atoms with van der Waals surface area (Å²) in [5.74, 6) is 1.75. The molecule has 2 aromatic carbocycles. The molecule has 6 heteroatoms. The molecule has 0 N–H and O–H groups in total. The van der Waals surface area contributed by atoms with Crippen molar-refractivity contribution < 1.29 is 0 Å². The molecule has 0 aliphatic rings. The third-order valence-corrected chi connectivity index (χ3v) is 5.25. The minimum Gasteiger partial charge on any atom is -0.378 e. The predicted molar refractivity (Wildman–Crippen MR) is 106 cm³/mol. The monoisotopic (exact) mass is 372 g/mol. The van der Waals surface area contributed by atoms with Crippen LogP contribution in [0.25, 0.3) is 11.4 Å². The Hall–Kier alpha value is -1.98. The second-order valence-electron chi connectivity index (χ2n) is 5.91. The standard InChI is InChI=1S/C19H21ClN4S/c1-4-24-18(15-7-11-17(12-8-15)23(2)3)21-22-19(24)25-13-14-5-9-16(20)10-6-14/h5-12H,4,13H2,1-3H3. The number of hydrogen-bond donors (Lipinski definition) is 0. The van der Waals surface area contributed by atoms with Gasteiger partial charge in [-0.15, -0.1) is 10.2 Å². The maximum absolute atomic E-state index is 5.94. The smallest absolute Gasteiger partial charge is 0.191 e. The predicted octanol–water partition coefficient (Wildman–Crippen LogP) is 4.98. The van der Waals surface area contributed by atoms with E-state index < -0.39 is 0 Å². The van der Waals surface area contributed by atoms with Gasteiger partial charge in [0.15, 0.2) is 11.0 Å². The summed E-state index contributed by atoms with van der Waals surface area (Å²) in [5, 5.41) is 10.5. The van der Waals surface area contributed by atoms with E-state index in [0.717, 1.165) is 33.9 Å². The molecule has 0 aliphatic carbocycles. The second-order valence-corrected chi connectivity index (χ2v) is 7.29. The lowest BCUT2D eigenvalue weighted by molar-refractivity contribution is 0.687. The van der Waals surface area contributed by atoms with Crippen molar-refractivity contribution in [2.24, 2.45) is 0 Å². The first-order valence-electron chi connectivity index (χ1n) is 8.16. The van der Waals surface area contributed by atoms with Gasteiger partial charge < -0.3 is 9.47 Å². The number of rotatable bonds is 6. The Morgan fingerprint density at radius 2 is 1.68 bits per heavy atom. The van der Waals surface area contributed by atoms with E-state index >= 15 is 0 Å². The van der Waals surface area contributed by atoms with Crippen molar-refractivity contribution in [1.82, 2.24) is 14.8 Å². The zero-order chi connectivity index (χ0) is 17.8. The molecular weight excluding hydrogens is 352 g/mol. The summed E-state index contributed by atoms with van der Waals surface area (Å²) >= 11 is 7.63. The highest BCUT2D eigenvalue weighted by atomic mass is 35.5. The van der Waals surface area contributed by atoms with Gasteiger partial charge in [0.1, 0.15) is 0 Å². The van der Waals surface area contributed by atoms with Crippen molar-refractivity contribution >= 4 is 29.1 Å². The summed E-state index contributed by atoms with van der Waals surface area (Å²) in [6.07, 6.45) is 0. The molecule has 1 heterocycles. The van der Waals surface area contributed by atoms with Crippen LogP contribution in [-0.4, -0.2) is 28.9 Å². The van der Waals surface area contributed by atoms with Crippen LogP contribution in [0.5, 0.6) is 0 Å². The third-order valence-electron chi connectivity index (χ3n) is 3.96. The highest BCUT2D eigenvalue weighted by Crippen LogP contribution is 2.27. The Morgan fingerprint density at radius 3 is 2.28 bits per heavy atom. The molecule has 0 saturated carbocycles. The lowest BCUT2D eigenvalue weighted by Crippen LogP contribution is -2.08. The number of hydrogen-bond acceptors (Lipinski definition) is 4. The van der Waals surface area contributed by atoms with Crippen LogP contribution in [0.2, 0.25) is 5.02 Å². The number of halogens is 1. The van der Waals surface area contributed by atoms with E-state index in [1.54, 1.807) is 11.8 Å². The Kier molecular flexibility index (Phi) is 5.66. The van der Waals surface area contributed by atoms with E-state index in [1.165, 1.54) is 11.3 Å². The van der Waals surface area contributed by atoms with Crippen molar-refractivity contribution in [3.63, 3.8) is 0 Å². The molecule has 0 aliphatic heterocycles. The molecule has 0 unspecified atom stereocenters. The Balaban J connectivity index is 1.79. The zero-order valence-corrected chi connectivity index (χ0v) is 16.2. The zero-order valence-electron chi connectivity index (χ0n) is 14.6. The van der Waals surface area contributed by atoms with Gasteiger partial charge in [-0.2, -0.15) is 0 Å². The molecule has 0 radical (unpaired) electrons. The van der Waals surface area contributed by atoms with Gasteiger partial charge in [-0.1, -0.05) is 35.5 Å². The van der Waals surface area contributed by atoms with Crippen molar-refractivity contribution in [1.29, 1.82) is 0 Å². The van der Waals surface area contributed by atoms with Crippen LogP contribution in [0.4, 0.5) is 5.69 Å². The lowest BCUT2D eigenvalue weighted by atomic mass is 10.2. The quantitative estimate of drug-likeness (QED) is 0.571. The number of aromatic nitrogens is 3. The van der Waals surface area contributed by atoms with Gasteiger partial charge in [0.2, 0.25) is 0 Å². The van der Waals surface area contributed by atoms with Gasteiger partial charge in [0, 0.05) is 42.7 Å². The molecular formula is C19H21ClN4S. The fourth-order valence-corrected chi connectivity index (χ4v) is 3.62. The lowest BCUT2D eigenvalue weighted by Gasteiger charge is -2.13. The molecule has 3 rings (SSSR count). The first kappa shape index (κ1) is 17.8. The van der Waals surface area contributed by atoms with Crippen LogP contribution in [-0.2, 0) is 12.3 Å². The summed E-state index contributed by atoms with van der Waals surface area (Å²) in [5.41, 5.74) is 3.47. The van der Waals surface area contributed by atoms with Gasteiger partial charge >= 0.3 is 0 Å². The van der Waals surface area contributed by atoms with Crippen LogP contribution >= 0.6 is 23.4 Å². The molecule has 3 aromatic rings. The molecule has 0 bridgehead atoms. The normalized spacial score (nSPS) is 10.9. The Morgan fingerprint density at radius 1 is 1.00 bits per heavy atom. The average molecular weight is 373 g/mol. The summed E-state index contributed by atoms with van der Waals surface area (Å²) < 4.78 is 2.16. The summed E-state index contributed by atoms with van der Waals surface area (Å²) in [7, 11) is 4.07. The van der Waals surface area contributed by atoms with E-state index in [9.17, 15) is 0 Å². The van der Waals surface area contributed by atoms with Gasteiger partial charge in [0.05, 0.1) is 0 Å². The van der Waals surface area contributed by atoms with Gasteiger partial charge in [-0.3, -0.25) is 0 Å². The van der Waals surface area contributed by atoms with Crippen LogP contribution < -0.4 is 4.90 Å². The summed E-state index contributed by atoms with van der Waals surface area (Å²) in [6.45, 7) is 2.95. The highest BCUT2D eigenvalue weighted by Gasteiger charge is 2.13. The first-order chi connectivity index (χ1) is 12.1. The topological polar surface area (TPSA) is 34.0 Å². The maximum atomic E-state index is 5.94. The van der Waals surface area contributed by atoms with E-state index in [4.69, 9.17) is 11.6 Å². The molecule has 1 aromatic heterocycles. The van der Waals surface area contributed by atoms with E-state index in [2.05, 4.69) is 50.9 Å². The number of thioether (sulfide) groups is 1. The van der Waals surface area contributed by atoms with E-state index in [0.29, 0.717) is 0 Å². The Bertz CT molecular complexity index is 826. The van der Waals surface area contributed by atoms with Gasteiger partial charge in [-0.25, -0.2) is 0 Å². The summed E-state index contributed by atoms with van der Waals surface area (Å²) in [6, 6.07) is 16.3. The fourth-order valence-electron chi connectivity index (χ4n) is 2.53. The van der Waals surface area contributed by atoms with Crippen LogP contribution in [0, 0.1) is 0 Å². The molecule has 4 nitrogen and oxygen atoms in total. The minimum absolute atomic E-state index is 0.758. The largest absolute Gasteiger partial charge is 0.378 e. The second kappa shape index (κ2) is 7.93. The third kappa shape index (κ3) is 4.17. The van der Waals surface area contributed by atoms with Crippen molar-refractivity contribution in [2.75, 3.05) is 19.0 Å². The van der Waals surface area contributed by atoms with Crippen LogP contribution in [0.3, 0.4) is 0 Å². The van der Waals surface area contributed by atoms with Gasteiger partial charge in [-0.05, 0) is 48.9 Å². The van der Waals surface area contributed by atoms with Gasteiger partial charge in [0.25, 0.3) is 0 Å². The van der Waals surface area contributed by atoms with Crippen molar-refractivity contribution in [2.45, 2.75) is 24.4 Å². The molecule has 25 heavy (non-hydrogen) atoms. The van der Waals surface area contributed by atoms with Crippen LogP contribution in [0.1, 0.15) is 12.5 Å². The number of nitrogens with zero attached hydrogens (tertiary/aromatic N) is 4. The van der Waals surface area contributed by atoms with E-state index in [1.807, 2.05) is 38.4 Å². The van der Waals surface area contributed by atoms with E-state index in [-0.39, 0.29) is 0 Å². The SMILES string of the molecule is CCn1c(SCc2ccc(Cl)cc2)nnc1-c1ccc(N(C)C)cc1. The molecule has 0 atom stereocenters. The highest BCUT2D eigenvalue weighted by molar-refractivity contribution is 7.98.